The monoisotopic (exact) mass is 213 g/mol. The average Bonchev–Trinajstić information content (AvgIpc) is 2.09. The highest BCUT2D eigenvalue weighted by atomic mass is 16.3. The normalized spacial score (nSPS) is 18.7. The lowest BCUT2D eigenvalue weighted by Gasteiger charge is -2.25. The number of carbonyl (C=O) groups excluding carboxylic acids is 1. The van der Waals surface area contributed by atoms with Gasteiger partial charge < -0.3 is 10.4 Å². The van der Waals surface area contributed by atoms with Crippen molar-refractivity contribution in [3.63, 3.8) is 0 Å². The van der Waals surface area contributed by atoms with Crippen LogP contribution in [0.2, 0.25) is 0 Å². The Labute approximate surface area is 92.3 Å². The number of aliphatic hydroxyl groups excluding tert-OH is 1. The molecule has 0 aliphatic heterocycles. The van der Waals surface area contributed by atoms with Gasteiger partial charge in [0, 0.05) is 6.54 Å². The Morgan fingerprint density at radius 1 is 1.47 bits per heavy atom. The van der Waals surface area contributed by atoms with E-state index in [1.54, 1.807) is 0 Å². The number of rotatable bonds is 6. The van der Waals surface area contributed by atoms with Gasteiger partial charge in [-0.25, -0.2) is 0 Å². The molecule has 0 radical (unpaired) electrons. The molecule has 15 heavy (non-hydrogen) atoms. The van der Waals surface area contributed by atoms with E-state index in [9.17, 15) is 4.79 Å². The fourth-order valence-electron chi connectivity index (χ4n) is 1.91. The molecule has 1 amide bonds. The van der Waals surface area contributed by atoms with E-state index in [1.807, 2.05) is 13.8 Å². The van der Waals surface area contributed by atoms with Gasteiger partial charge in [-0.3, -0.25) is 4.79 Å². The van der Waals surface area contributed by atoms with Crippen molar-refractivity contribution in [3.8, 4) is 0 Å². The molecule has 1 aliphatic rings. The van der Waals surface area contributed by atoms with E-state index >= 15 is 0 Å². The van der Waals surface area contributed by atoms with Gasteiger partial charge in [0.05, 0.1) is 12.5 Å². The molecule has 0 bridgehead atoms. The van der Waals surface area contributed by atoms with E-state index in [0.717, 1.165) is 18.9 Å². The van der Waals surface area contributed by atoms with Crippen LogP contribution in [0.4, 0.5) is 0 Å². The minimum Gasteiger partial charge on any atom is -0.396 e. The molecule has 0 heterocycles. The number of hydrogen-bond acceptors (Lipinski definition) is 2. The molecule has 3 nitrogen and oxygen atoms in total. The smallest absolute Gasteiger partial charge is 0.225 e. The van der Waals surface area contributed by atoms with E-state index in [1.165, 1.54) is 19.3 Å². The second kappa shape index (κ2) is 6.11. The summed E-state index contributed by atoms with van der Waals surface area (Å²) < 4.78 is 0. The van der Waals surface area contributed by atoms with Crippen molar-refractivity contribution < 1.29 is 9.90 Å². The van der Waals surface area contributed by atoms with Gasteiger partial charge in [-0.2, -0.15) is 0 Å². The van der Waals surface area contributed by atoms with Gasteiger partial charge in [-0.1, -0.05) is 33.1 Å². The van der Waals surface area contributed by atoms with E-state index in [2.05, 4.69) is 5.32 Å². The molecule has 1 aliphatic carbocycles. The summed E-state index contributed by atoms with van der Waals surface area (Å²) in [6, 6.07) is 0. The van der Waals surface area contributed by atoms with Crippen molar-refractivity contribution in [1.82, 2.24) is 5.32 Å². The Hall–Kier alpha value is -0.570. The van der Waals surface area contributed by atoms with Crippen LogP contribution in [0.15, 0.2) is 0 Å². The molecule has 3 heteroatoms. The standard InChI is InChI=1S/C12H23NO2/c1-9(2)11(8-14)12(15)13-7-6-10-4-3-5-10/h9-11,14H,3-8H2,1-2H3,(H,13,15). The fraction of sp³-hybridized carbons (Fsp3) is 0.917. The summed E-state index contributed by atoms with van der Waals surface area (Å²) in [4.78, 5) is 11.6. The highest BCUT2D eigenvalue weighted by molar-refractivity contribution is 5.78. The number of hydrogen-bond donors (Lipinski definition) is 2. The number of amides is 1. The highest BCUT2D eigenvalue weighted by Gasteiger charge is 2.22. The third-order valence-electron chi connectivity index (χ3n) is 3.41. The van der Waals surface area contributed by atoms with Crippen molar-refractivity contribution in [3.05, 3.63) is 0 Å². The second-order valence-corrected chi connectivity index (χ2v) is 4.91. The molecule has 88 valence electrons. The molecule has 0 aromatic heterocycles. The van der Waals surface area contributed by atoms with Crippen molar-refractivity contribution in [1.29, 1.82) is 0 Å². The Bertz CT molecular complexity index is 200. The Balaban J connectivity index is 2.15. The summed E-state index contributed by atoms with van der Waals surface area (Å²) in [5, 5.41) is 12.0. The van der Waals surface area contributed by atoms with Gasteiger partial charge in [0.25, 0.3) is 0 Å². The van der Waals surface area contributed by atoms with Gasteiger partial charge in [0.15, 0.2) is 0 Å². The first kappa shape index (κ1) is 12.5. The fourth-order valence-corrected chi connectivity index (χ4v) is 1.91. The summed E-state index contributed by atoms with van der Waals surface area (Å²) in [5.41, 5.74) is 0. The van der Waals surface area contributed by atoms with Crippen LogP contribution >= 0.6 is 0 Å². The second-order valence-electron chi connectivity index (χ2n) is 4.91. The molecule has 1 saturated carbocycles. The molecule has 1 rings (SSSR count). The number of nitrogens with one attached hydrogen (secondary N) is 1. The number of carbonyl (C=O) groups is 1. The zero-order valence-electron chi connectivity index (χ0n) is 9.83. The first-order valence-electron chi connectivity index (χ1n) is 6.03. The minimum absolute atomic E-state index is 0.00632. The summed E-state index contributed by atoms with van der Waals surface area (Å²) in [5.74, 6) is 0.800. The van der Waals surface area contributed by atoms with Gasteiger partial charge in [-0.15, -0.1) is 0 Å². The number of aliphatic hydroxyl groups is 1. The summed E-state index contributed by atoms with van der Waals surface area (Å²) >= 11 is 0. The van der Waals surface area contributed by atoms with E-state index in [0.29, 0.717) is 0 Å². The lowest BCUT2D eigenvalue weighted by molar-refractivity contribution is -0.127. The average molecular weight is 213 g/mol. The van der Waals surface area contributed by atoms with E-state index in [-0.39, 0.29) is 24.3 Å². The maximum absolute atomic E-state index is 11.6. The molecule has 0 aromatic rings. The van der Waals surface area contributed by atoms with Crippen molar-refractivity contribution in [2.75, 3.05) is 13.2 Å². The van der Waals surface area contributed by atoms with Crippen LogP contribution < -0.4 is 5.32 Å². The van der Waals surface area contributed by atoms with E-state index < -0.39 is 0 Å². The summed E-state index contributed by atoms with van der Waals surface area (Å²) in [7, 11) is 0. The van der Waals surface area contributed by atoms with Crippen LogP contribution in [-0.4, -0.2) is 24.2 Å². The van der Waals surface area contributed by atoms with Crippen molar-refractivity contribution >= 4 is 5.91 Å². The maximum atomic E-state index is 11.6. The molecular formula is C12H23NO2. The SMILES string of the molecule is CC(C)C(CO)C(=O)NCCC1CCC1. The molecule has 0 spiro atoms. The molecule has 0 saturated heterocycles. The largest absolute Gasteiger partial charge is 0.396 e. The van der Waals surface area contributed by atoms with Crippen LogP contribution in [-0.2, 0) is 4.79 Å². The predicted octanol–water partition coefficient (Wildman–Crippen LogP) is 1.56. The third-order valence-corrected chi connectivity index (χ3v) is 3.41. The quantitative estimate of drug-likeness (QED) is 0.703. The lowest BCUT2D eigenvalue weighted by Crippen LogP contribution is -2.37. The van der Waals surface area contributed by atoms with Crippen LogP contribution in [0.1, 0.15) is 39.5 Å². The van der Waals surface area contributed by atoms with Gasteiger partial charge >= 0.3 is 0 Å². The topological polar surface area (TPSA) is 49.3 Å². The summed E-state index contributed by atoms with van der Waals surface area (Å²) in [6.07, 6.45) is 5.10. The maximum Gasteiger partial charge on any atom is 0.225 e. The summed E-state index contributed by atoms with van der Waals surface area (Å²) in [6.45, 7) is 4.65. The third kappa shape index (κ3) is 3.82. The van der Waals surface area contributed by atoms with Gasteiger partial charge in [0.1, 0.15) is 0 Å². The Morgan fingerprint density at radius 2 is 2.13 bits per heavy atom. The molecule has 0 aromatic carbocycles. The zero-order chi connectivity index (χ0) is 11.3. The molecule has 1 unspecified atom stereocenters. The molecule has 1 atom stereocenters. The molecule has 1 fully saturated rings. The first-order chi connectivity index (χ1) is 7.15. The lowest BCUT2D eigenvalue weighted by atomic mass is 9.83. The van der Waals surface area contributed by atoms with E-state index in [4.69, 9.17) is 5.11 Å². The van der Waals surface area contributed by atoms with Crippen LogP contribution in [0.5, 0.6) is 0 Å². The zero-order valence-corrected chi connectivity index (χ0v) is 9.83. The van der Waals surface area contributed by atoms with Crippen LogP contribution in [0, 0.1) is 17.8 Å². The molecule has 2 N–H and O–H groups in total. The molecular weight excluding hydrogens is 190 g/mol. The van der Waals surface area contributed by atoms with Crippen LogP contribution in [0.3, 0.4) is 0 Å². The van der Waals surface area contributed by atoms with Crippen molar-refractivity contribution in [2.45, 2.75) is 39.5 Å². The first-order valence-corrected chi connectivity index (χ1v) is 6.03. The van der Waals surface area contributed by atoms with Gasteiger partial charge in [0.2, 0.25) is 5.91 Å². The minimum atomic E-state index is -0.244. The Kier molecular flexibility index (Phi) is 5.09. The Morgan fingerprint density at radius 3 is 2.53 bits per heavy atom. The van der Waals surface area contributed by atoms with Crippen molar-refractivity contribution in [2.24, 2.45) is 17.8 Å². The predicted molar refractivity (Wildman–Crippen MR) is 60.4 cm³/mol. The van der Waals surface area contributed by atoms with Crippen LogP contribution in [0.25, 0.3) is 0 Å². The highest BCUT2D eigenvalue weighted by Crippen LogP contribution is 2.28. The van der Waals surface area contributed by atoms with Gasteiger partial charge in [-0.05, 0) is 18.3 Å².